The number of amides is 1. The third-order valence-electron chi connectivity index (χ3n) is 4.41. The van der Waals surface area contributed by atoms with E-state index < -0.39 is 5.54 Å². The van der Waals surface area contributed by atoms with Gasteiger partial charge in [0.25, 0.3) is 0 Å². The van der Waals surface area contributed by atoms with Crippen molar-refractivity contribution in [3.63, 3.8) is 0 Å². The molecule has 3 rings (SSSR count). The Morgan fingerprint density at radius 1 is 1.48 bits per heavy atom. The van der Waals surface area contributed by atoms with Crippen molar-refractivity contribution >= 4 is 17.7 Å². The molecule has 1 saturated carbocycles. The van der Waals surface area contributed by atoms with Gasteiger partial charge in [-0.1, -0.05) is 43.7 Å². The third kappa shape index (κ3) is 2.33. The van der Waals surface area contributed by atoms with Gasteiger partial charge in [0.2, 0.25) is 5.91 Å². The number of carbonyl (C=O) groups excluding carboxylic acids is 1. The smallest absolute Gasteiger partial charge is 0.246 e. The van der Waals surface area contributed by atoms with E-state index >= 15 is 0 Å². The predicted octanol–water partition coefficient (Wildman–Crippen LogP) is 2.33. The van der Waals surface area contributed by atoms with E-state index in [2.05, 4.69) is 30.0 Å². The summed E-state index contributed by atoms with van der Waals surface area (Å²) in [5.41, 5.74) is 7.26. The van der Waals surface area contributed by atoms with E-state index in [-0.39, 0.29) is 12.0 Å². The van der Waals surface area contributed by atoms with Crippen LogP contribution in [0.5, 0.6) is 0 Å². The number of anilines is 1. The number of unbranched alkanes of at least 4 members (excludes halogenated alkanes) is 1. The lowest BCUT2D eigenvalue weighted by Gasteiger charge is -2.35. The minimum atomic E-state index is -0.672. The van der Waals surface area contributed by atoms with Crippen molar-refractivity contribution in [3.05, 3.63) is 35.9 Å². The van der Waals surface area contributed by atoms with Crippen LogP contribution in [0.3, 0.4) is 0 Å². The molecule has 1 aliphatic heterocycles. The van der Waals surface area contributed by atoms with Gasteiger partial charge in [-0.2, -0.15) is 0 Å². The van der Waals surface area contributed by atoms with E-state index in [0.29, 0.717) is 19.6 Å². The monoisotopic (exact) mass is 286 g/mol. The Balaban J connectivity index is 1.84. The van der Waals surface area contributed by atoms with Crippen molar-refractivity contribution in [3.8, 4) is 0 Å². The Kier molecular flexibility index (Phi) is 3.72. The van der Waals surface area contributed by atoms with Crippen LogP contribution in [0.15, 0.2) is 30.3 Å². The molecule has 2 N–H and O–H groups in total. The first-order valence-corrected chi connectivity index (χ1v) is 7.65. The molecule has 21 heavy (non-hydrogen) atoms. The van der Waals surface area contributed by atoms with E-state index in [4.69, 9.17) is 10.5 Å². The molecule has 1 aromatic rings. The number of rotatable bonds is 6. The first-order valence-electron chi connectivity index (χ1n) is 7.65. The number of benzene rings is 1. The lowest BCUT2D eigenvalue weighted by molar-refractivity contribution is -0.121. The maximum absolute atomic E-state index is 12.1. The topological polar surface area (TPSA) is 55.6 Å². The second kappa shape index (κ2) is 5.53. The number of hydrogen-bond donors (Lipinski definition) is 1. The van der Waals surface area contributed by atoms with Gasteiger partial charge in [-0.15, -0.1) is 0 Å². The van der Waals surface area contributed by atoms with Crippen molar-refractivity contribution < 1.29 is 9.53 Å². The molecule has 1 heterocycles. The number of fused-ring (bicyclic) bond motifs is 1. The zero-order valence-corrected chi connectivity index (χ0v) is 12.4. The number of carbonyl (C=O) groups is 1. The molecule has 4 heteroatoms. The summed E-state index contributed by atoms with van der Waals surface area (Å²) < 4.78 is 5.87. The summed E-state index contributed by atoms with van der Waals surface area (Å²) in [6, 6.07) is 8.10. The zero-order valence-electron chi connectivity index (χ0n) is 12.4. The standard InChI is InChI=1S/C17H22N2O2/c1-2-3-11-21-15-12-17(15,16(18)20)19-10-6-8-13-7-4-5-9-14(13)19/h4-9,15H,2-3,10-12H2,1H3,(H2,18,20). The summed E-state index contributed by atoms with van der Waals surface area (Å²) in [6.45, 7) is 3.53. The minimum Gasteiger partial charge on any atom is -0.375 e. The van der Waals surface area contributed by atoms with Crippen LogP contribution in [-0.4, -0.2) is 30.7 Å². The lowest BCUT2D eigenvalue weighted by Crippen LogP contribution is -2.51. The maximum atomic E-state index is 12.1. The predicted molar refractivity (Wildman–Crippen MR) is 84.0 cm³/mol. The fraction of sp³-hybridized carbons (Fsp3) is 0.471. The van der Waals surface area contributed by atoms with Crippen molar-refractivity contribution in [1.82, 2.24) is 0 Å². The Hall–Kier alpha value is -1.81. The summed E-state index contributed by atoms with van der Waals surface area (Å²) in [5.74, 6) is -0.283. The second-order valence-corrected chi connectivity index (χ2v) is 5.78. The summed E-state index contributed by atoms with van der Waals surface area (Å²) in [5, 5.41) is 0. The SMILES string of the molecule is CCCCOC1CC1(C(N)=O)N1CC=Cc2ccccc21. The minimum absolute atomic E-state index is 0.0823. The van der Waals surface area contributed by atoms with Gasteiger partial charge in [-0.3, -0.25) is 4.79 Å². The molecule has 1 aliphatic carbocycles. The number of nitrogens with two attached hydrogens (primary N) is 1. The van der Waals surface area contributed by atoms with Crippen LogP contribution in [0, 0.1) is 0 Å². The Bertz CT molecular complexity index is 570. The van der Waals surface area contributed by atoms with Crippen LogP contribution in [0.2, 0.25) is 0 Å². The van der Waals surface area contributed by atoms with Crippen LogP contribution >= 0.6 is 0 Å². The van der Waals surface area contributed by atoms with Crippen LogP contribution in [-0.2, 0) is 9.53 Å². The number of primary amides is 1. The van der Waals surface area contributed by atoms with Gasteiger partial charge in [0.15, 0.2) is 0 Å². The summed E-state index contributed by atoms with van der Waals surface area (Å²) in [7, 11) is 0. The summed E-state index contributed by atoms with van der Waals surface area (Å²) in [4.78, 5) is 14.2. The largest absolute Gasteiger partial charge is 0.375 e. The Morgan fingerprint density at radius 3 is 3.05 bits per heavy atom. The first-order chi connectivity index (χ1) is 10.2. The maximum Gasteiger partial charge on any atom is 0.246 e. The van der Waals surface area contributed by atoms with Crippen molar-refractivity contribution in [2.24, 2.45) is 5.73 Å². The highest BCUT2D eigenvalue weighted by molar-refractivity contribution is 5.95. The number of nitrogens with zero attached hydrogens (tertiary/aromatic N) is 1. The van der Waals surface area contributed by atoms with Gasteiger partial charge in [0.05, 0.1) is 6.10 Å². The Labute approximate surface area is 125 Å². The third-order valence-corrected chi connectivity index (χ3v) is 4.41. The molecule has 112 valence electrons. The highest BCUT2D eigenvalue weighted by Crippen LogP contribution is 2.48. The highest BCUT2D eigenvalue weighted by Gasteiger charge is 2.64. The number of hydrogen-bond acceptors (Lipinski definition) is 3. The van der Waals surface area contributed by atoms with Gasteiger partial charge in [0, 0.05) is 25.3 Å². The van der Waals surface area contributed by atoms with E-state index in [1.807, 2.05) is 18.2 Å². The molecule has 1 aromatic carbocycles. The molecule has 4 nitrogen and oxygen atoms in total. The first kappa shape index (κ1) is 14.1. The number of para-hydroxylation sites is 1. The summed E-state index contributed by atoms with van der Waals surface area (Å²) in [6.07, 6.45) is 6.88. The molecular weight excluding hydrogens is 264 g/mol. The molecule has 2 atom stereocenters. The molecule has 0 bridgehead atoms. The zero-order chi connectivity index (χ0) is 14.9. The summed E-state index contributed by atoms with van der Waals surface area (Å²) >= 11 is 0. The van der Waals surface area contributed by atoms with Crippen molar-refractivity contribution in [1.29, 1.82) is 0 Å². The van der Waals surface area contributed by atoms with Gasteiger partial charge in [-0.05, 0) is 18.1 Å². The van der Waals surface area contributed by atoms with Crippen molar-refractivity contribution in [2.75, 3.05) is 18.1 Å². The molecule has 0 saturated heterocycles. The van der Waals surface area contributed by atoms with Gasteiger partial charge < -0.3 is 15.4 Å². The molecule has 2 aliphatic rings. The average Bonchev–Trinajstić information content (AvgIpc) is 3.22. The molecule has 0 spiro atoms. The molecule has 1 fully saturated rings. The van der Waals surface area contributed by atoms with Crippen LogP contribution in [0.25, 0.3) is 6.08 Å². The highest BCUT2D eigenvalue weighted by atomic mass is 16.5. The van der Waals surface area contributed by atoms with E-state index in [0.717, 1.165) is 24.1 Å². The van der Waals surface area contributed by atoms with E-state index in [9.17, 15) is 4.79 Å². The molecule has 0 aromatic heterocycles. The quantitative estimate of drug-likeness (QED) is 0.817. The van der Waals surface area contributed by atoms with Gasteiger partial charge >= 0.3 is 0 Å². The number of ether oxygens (including phenoxy) is 1. The Morgan fingerprint density at radius 2 is 2.29 bits per heavy atom. The molecular formula is C17H22N2O2. The fourth-order valence-electron chi connectivity index (χ4n) is 3.10. The van der Waals surface area contributed by atoms with E-state index in [1.54, 1.807) is 0 Å². The molecule has 2 unspecified atom stereocenters. The van der Waals surface area contributed by atoms with Crippen LogP contribution in [0.4, 0.5) is 5.69 Å². The average molecular weight is 286 g/mol. The van der Waals surface area contributed by atoms with Gasteiger partial charge in [-0.25, -0.2) is 0 Å². The van der Waals surface area contributed by atoms with Crippen LogP contribution in [0.1, 0.15) is 31.7 Å². The van der Waals surface area contributed by atoms with Crippen molar-refractivity contribution in [2.45, 2.75) is 37.8 Å². The lowest BCUT2D eigenvalue weighted by atomic mass is 10.0. The van der Waals surface area contributed by atoms with E-state index in [1.165, 1.54) is 0 Å². The second-order valence-electron chi connectivity index (χ2n) is 5.78. The molecule has 0 radical (unpaired) electrons. The van der Waals surface area contributed by atoms with Crippen LogP contribution < -0.4 is 10.6 Å². The molecule has 1 amide bonds. The fourth-order valence-corrected chi connectivity index (χ4v) is 3.10. The van der Waals surface area contributed by atoms with Gasteiger partial charge in [0.1, 0.15) is 5.54 Å². The normalized spacial score (nSPS) is 26.5.